The Balaban J connectivity index is 1.90. The van der Waals surface area contributed by atoms with E-state index in [4.69, 9.17) is 0 Å². The molecule has 41 heavy (non-hydrogen) atoms. The van der Waals surface area contributed by atoms with Crippen LogP contribution < -0.4 is 26.6 Å². The topological polar surface area (TPSA) is 169 Å². The van der Waals surface area contributed by atoms with E-state index in [2.05, 4.69) is 39.2 Å². The summed E-state index contributed by atoms with van der Waals surface area (Å²) in [7, 11) is 1.34. The molecule has 0 aromatic carbocycles. The number of hydrogen-bond acceptors (Lipinski definition) is 7. The van der Waals surface area contributed by atoms with E-state index in [1.165, 1.54) is 11.9 Å². The van der Waals surface area contributed by atoms with Gasteiger partial charge in [0.2, 0.25) is 22.7 Å². The predicted molar refractivity (Wildman–Crippen MR) is 157 cm³/mol. The number of rotatable bonds is 8. The number of nitrogens with one attached hydrogen (secondary N) is 5. The molecular formula is C28H48N6O6S. The van der Waals surface area contributed by atoms with Gasteiger partial charge >= 0.3 is 6.03 Å². The Hall–Kier alpha value is -2.54. The maximum atomic E-state index is 14.1. The van der Waals surface area contributed by atoms with E-state index in [-0.39, 0.29) is 35.5 Å². The van der Waals surface area contributed by atoms with Crippen molar-refractivity contribution in [2.24, 2.45) is 28.6 Å². The second-order valence-corrected chi connectivity index (χ2v) is 15.1. The van der Waals surface area contributed by atoms with Crippen LogP contribution in [0.25, 0.3) is 0 Å². The van der Waals surface area contributed by atoms with Gasteiger partial charge in [-0.3, -0.25) is 19.2 Å². The molecule has 3 rings (SSSR count). The summed E-state index contributed by atoms with van der Waals surface area (Å²) in [5.41, 5.74) is -1.39. The summed E-state index contributed by atoms with van der Waals surface area (Å²) in [4.78, 5) is 65.0. The van der Waals surface area contributed by atoms with E-state index in [0.717, 1.165) is 0 Å². The van der Waals surface area contributed by atoms with Crippen molar-refractivity contribution >= 4 is 42.3 Å². The predicted octanol–water partition coefficient (Wildman–Crippen LogP) is 0.357. The number of piperidine rings is 1. The van der Waals surface area contributed by atoms with Crippen LogP contribution in [-0.4, -0.2) is 88.4 Å². The molecule has 13 heteroatoms. The molecule has 0 spiro atoms. The molecule has 6 N–H and O–H groups in total. The first kappa shape index (κ1) is 33.0. The number of likely N-dealkylation sites (N-methyl/N-ethyl adjacent to an activating group) is 1. The molecular weight excluding hydrogens is 548 g/mol. The van der Waals surface area contributed by atoms with Crippen LogP contribution in [0.1, 0.15) is 68.2 Å². The highest BCUT2D eigenvalue weighted by Crippen LogP contribution is 2.65. The van der Waals surface area contributed by atoms with Crippen LogP contribution >= 0.6 is 12.6 Å². The van der Waals surface area contributed by atoms with Gasteiger partial charge in [0.1, 0.15) is 12.1 Å². The van der Waals surface area contributed by atoms with Crippen molar-refractivity contribution in [2.75, 3.05) is 20.1 Å². The fourth-order valence-electron chi connectivity index (χ4n) is 6.21. The van der Waals surface area contributed by atoms with Crippen LogP contribution in [0.4, 0.5) is 4.79 Å². The Bertz CT molecular complexity index is 1080. The standard InChI is InChI=1S/C28H48N6O6S/c1-25(2,3)19(32-24(39)33-26(4,5)6)22(37)34-13-15-17(27(15,7)8)18(34)21(36)31-16(28(40,41)23(38)29-9)12-14-10-11-30-20(14)35/h14-19,40-41H,10-13H2,1-9H3,(H,29,38)(H,30,35)(H,31,36)(H2,32,33,39)/t14-,15-,16-,17-,18-,19+,28-/m0/s1. The maximum Gasteiger partial charge on any atom is 0.315 e. The Morgan fingerprint density at radius 1 is 1.12 bits per heavy atom. The lowest BCUT2D eigenvalue weighted by Gasteiger charge is -2.39. The highest BCUT2D eigenvalue weighted by molar-refractivity contribution is 7.82. The summed E-state index contributed by atoms with van der Waals surface area (Å²) in [6.07, 6.45) is 0.479. The number of likely N-dealkylation sites (tertiary alicyclic amines) is 1. The number of amides is 6. The monoisotopic (exact) mass is 596 g/mol. The lowest BCUT2D eigenvalue weighted by Crippen LogP contribution is -2.63. The van der Waals surface area contributed by atoms with Gasteiger partial charge in [-0.2, -0.15) is 0 Å². The van der Waals surface area contributed by atoms with Crippen molar-refractivity contribution in [1.29, 1.82) is 0 Å². The molecule has 0 aromatic rings. The van der Waals surface area contributed by atoms with Crippen molar-refractivity contribution < 1.29 is 29.1 Å². The minimum absolute atomic E-state index is 0.0116. The van der Waals surface area contributed by atoms with Gasteiger partial charge in [-0.05, 0) is 56.3 Å². The van der Waals surface area contributed by atoms with E-state index in [9.17, 15) is 29.1 Å². The largest absolute Gasteiger partial charge is 0.369 e. The summed E-state index contributed by atoms with van der Waals surface area (Å²) >= 11 is 4.21. The molecule has 2 saturated heterocycles. The second kappa shape index (κ2) is 11.3. The highest BCUT2D eigenvalue weighted by Gasteiger charge is 2.70. The number of aliphatic hydroxyl groups is 1. The molecule has 3 aliphatic rings. The number of hydrogen-bond donors (Lipinski definition) is 7. The Morgan fingerprint density at radius 2 is 1.73 bits per heavy atom. The van der Waals surface area contributed by atoms with Crippen molar-refractivity contribution in [1.82, 2.24) is 31.5 Å². The summed E-state index contributed by atoms with van der Waals surface area (Å²) in [5, 5.41) is 24.6. The summed E-state index contributed by atoms with van der Waals surface area (Å²) in [5.74, 6) is -2.58. The van der Waals surface area contributed by atoms with E-state index in [0.29, 0.717) is 19.5 Å². The number of thiol groups is 1. The van der Waals surface area contributed by atoms with Gasteiger partial charge in [-0.15, -0.1) is 12.6 Å². The number of urea groups is 1. The first-order valence-electron chi connectivity index (χ1n) is 14.3. The van der Waals surface area contributed by atoms with E-state index in [1.807, 2.05) is 55.4 Å². The lowest BCUT2D eigenvalue weighted by molar-refractivity contribution is -0.145. The number of carbonyl (C=O) groups excluding carboxylic acids is 5. The van der Waals surface area contributed by atoms with Gasteiger partial charge in [0.05, 0.1) is 6.04 Å². The fourth-order valence-corrected chi connectivity index (χ4v) is 6.49. The highest BCUT2D eigenvalue weighted by atomic mass is 32.1. The quantitative estimate of drug-likeness (QED) is 0.158. The fraction of sp³-hybridized carbons (Fsp3) is 0.821. The molecule has 2 heterocycles. The van der Waals surface area contributed by atoms with Gasteiger partial charge in [0, 0.05) is 31.6 Å². The summed E-state index contributed by atoms with van der Waals surface area (Å²) in [6, 6.07) is -3.52. The van der Waals surface area contributed by atoms with Crippen LogP contribution in [0.5, 0.6) is 0 Å². The molecule has 232 valence electrons. The average molecular weight is 597 g/mol. The van der Waals surface area contributed by atoms with E-state index in [1.54, 1.807) is 0 Å². The zero-order valence-electron chi connectivity index (χ0n) is 25.7. The first-order valence-corrected chi connectivity index (χ1v) is 14.7. The number of nitrogens with zero attached hydrogens (tertiary/aromatic N) is 1. The van der Waals surface area contributed by atoms with Crippen LogP contribution in [0.15, 0.2) is 0 Å². The van der Waals surface area contributed by atoms with Crippen molar-refractivity contribution in [3.05, 3.63) is 0 Å². The third-order valence-electron chi connectivity index (χ3n) is 8.68. The molecule has 2 aliphatic heterocycles. The van der Waals surface area contributed by atoms with Crippen molar-refractivity contribution in [2.45, 2.75) is 96.8 Å². The minimum atomic E-state index is -2.31. The molecule has 1 aliphatic carbocycles. The normalized spacial score (nSPS) is 28.0. The van der Waals surface area contributed by atoms with Crippen molar-refractivity contribution in [3.8, 4) is 0 Å². The smallest absolute Gasteiger partial charge is 0.315 e. The molecule has 0 bridgehead atoms. The van der Waals surface area contributed by atoms with Crippen LogP contribution in [0.3, 0.4) is 0 Å². The van der Waals surface area contributed by atoms with Gasteiger partial charge < -0.3 is 36.6 Å². The SMILES string of the molecule is CNC(=O)[C@@](O)(S)[C@H](C[C@@H]1CCNC1=O)NC(=O)[C@@H]1[C@@H]2[C@H](CN1C(=O)[C@@H](NC(=O)NC(C)(C)C)C(C)(C)C)C2(C)C. The third kappa shape index (κ3) is 6.93. The van der Waals surface area contributed by atoms with Crippen LogP contribution in [0.2, 0.25) is 0 Å². The Labute approximate surface area is 248 Å². The Kier molecular flexibility index (Phi) is 9.07. The molecule has 6 amide bonds. The van der Waals surface area contributed by atoms with E-state index < -0.39 is 57.8 Å². The van der Waals surface area contributed by atoms with Crippen LogP contribution in [0, 0.1) is 28.6 Å². The zero-order chi connectivity index (χ0) is 31.3. The molecule has 0 unspecified atom stereocenters. The zero-order valence-corrected chi connectivity index (χ0v) is 26.6. The molecule has 0 aromatic heterocycles. The Morgan fingerprint density at radius 3 is 2.22 bits per heavy atom. The van der Waals surface area contributed by atoms with Gasteiger partial charge in [-0.1, -0.05) is 34.6 Å². The lowest BCUT2D eigenvalue weighted by atomic mass is 9.85. The third-order valence-corrected chi connectivity index (χ3v) is 9.20. The molecule has 1 saturated carbocycles. The number of fused-ring (bicyclic) bond motifs is 1. The molecule has 3 fully saturated rings. The first-order chi connectivity index (χ1) is 18.6. The van der Waals surface area contributed by atoms with Crippen LogP contribution in [-0.2, 0) is 19.2 Å². The van der Waals surface area contributed by atoms with Gasteiger partial charge in [-0.25, -0.2) is 4.79 Å². The van der Waals surface area contributed by atoms with Crippen molar-refractivity contribution in [3.63, 3.8) is 0 Å². The maximum absolute atomic E-state index is 14.1. The van der Waals surface area contributed by atoms with Gasteiger partial charge in [0.25, 0.3) is 5.91 Å². The minimum Gasteiger partial charge on any atom is -0.369 e. The molecule has 7 atom stereocenters. The summed E-state index contributed by atoms with van der Waals surface area (Å²) < 4.78 is 0. The van der Waals surface area contributed by atoms with Gasteiger partial charge in [0.15, 0.2) is 0 Å². The molecule has 0 radical (unpaired) electrons. The van der Waals surface area contributed by atoms with E-state index >= 15 is 0 Å². The number of carbonyl (C=O) groups is 5. The second-order valence-electron chi connectivity index (χ2n) is 14.4. The molecule has 12 nitrogen and oxygen atoms in total. The summed E-state index contributed by atoms with van der Waals surface area (Å²) in [6.45, 7) is 15.9. The average Bonchev–Trinajstić information content (AvgIpc) is 3.17.